The molecule has 0 aliphatic carbocycles. The Morgan fingerprint density at radius 3 is 2.53 bits per heavy atom. The average molecular weight is 364 g/mol. The van der Waals surface area contributed by atoms with Crippen LogP contribution in [0.5, 0.6) is 0 Å². The van der Waals surface area contributed by atoms with E-state index in [9.17, 15) is 16.8 Å². The number of pyridine rings is 1. The third kappa shape index (κ3) is 5.19. The summed E-state index contributed by atoms with van der Waals surface area (Å²) in [5, 5.41) is -1.08. The molecule has 0 bridgehead atoms. The molecule has 0 radical (unpaired) electrons. The minimum Gasteiger partial charge on any atom is -0.280 e. The van der Waals surface area contributed by atoms with Crippen LogP contribution in [0.25, 0.3) is 0 Å². The van der Waals surface area contributed by atoms with Gasteiger partial charge in [0.05, 0.1) is 5.69 Å². The Labute approximate surface area is 112 Å². The average Bonchev–Trinajstić information content (AvgIpc) is 2.06. The molecule has 0 saturated heterocycles. The summed E-state index contributed by atoms with van der Waals surface area (Å²) in [4.78, 5) is 3.70. The molecule has 0 spiro atoms. The number of aromatic nitrogens is 1. The van der Waals surface area contributed by atoms with E-state index in [1.807, 2.05) is 0 Å². The predicted octanol–water partition coefficient (Wildman–Crippen LogP) is 1.24. The van der Waals surface area contributed by atoms with Gasteiger partial charge in [0.1, 0.15) is 0 Å². The molecule has 0 aliphatic rings. The van der Waals surface area contributed by atoms with Crippen molar-refractivity contribution in [2.24, 2.45) is 0 Å². The number of sulfone groups is 1. The maximum Gasteiger partial charge on any atom is 0.247 e. The van der Waals surface area contributed by atoms with Gasteiger partial charge in [-0.05, 0) is 22.0 Å². The first-order valence-electron chi connectivity index (χ1n) is 4.08. The molecule has 1 rings (SSSR count). The molecule has 1 heterocycles. The Hall–Kier alpha value is -0.380. The molecule has 0 unspecified atom stereocenters. The Bertz CT molecular complexity index is 629. The van der Waals surface area contributed by atoms with Crippen molar-refractivity contribution in [3.8, 4) is 0 Å². The van der Waals surface area contributed by atoms with Crippen LogP contribution in [0.3, 0.4) is 0 Å². The first-order chi connectivity index (χ1) is 7.59. The quantitative estimate of drug-likeness (QED) is 0.812. The number of nitrogens with one attached hydrogen (secondary N) is 1. The lowest BCUT2D eigenvalue weighted by Crippen LogP contribution is -2.22. The molecule has 96 valence electrons. The highest BCUT2D eigenvalue weighted by molar-refractivity contribution is 9.10. The predicted molar refractivity (Wildman–Crippen MR) is 69.2 cm³/mol. The van der Waals surface area contributed by atoms with Crippen LogP contribution >= 0.6 is 27.5 Å². The van der Waals surface area contributed by atoms with Gasteiger partial charge < -0.3 is 0 Å². The molecule has 0 aliphatic heterocycles. The van der Waals surface area contributed by atoms with Crippen LogP contribution in [-0.4, -0.2) is 33.2 Å². The third-order valence-corrected chi connectivity index (χ3v) is 5.66. The second kappa shape index (κ2) is 5.09. The van der Waals surface area contributed by atoms with Crippen LogP contribution in [0.1, 0.15) is 0 Å². The summed E-state index contributed by atoms with van der Waals surface area (Å²) in [5.74, 6) is 0. The second-order valence-electron chi connectivity index (χ2n) is 3.25. The molecule has 17 heavy (non-hydrogen) atoms. The molecule has 6 nitrogen and oxygen atoms in total. The van der Waals surface area contributed by atoms with Crippen LogP contribution in [0.4, 0.5) is 5.69 Å². The van der Waals surface area contributed by atoms with Gasteiger partial charge in [-0.3, -0.25) is 4.72 Å². The van der Waals surface area contributed by atoms with Crippen LogP contribution < -0.4 is 4.72 Å². The van der Waals surface area contributed by atoms with Gasteiger partial charge in [0.2, 0.25) is 10.0 Å². The van der Waals surface area contributed by atoms with Gasteiger partial charge in [0.25, 0.3) is 0 Å². The minimum atomic E-state index is -4.01. The Balaban J connectivity index is 3.02. The van der Waals surface area contributed by atoms with Crippen LogP contribution in [0.2, 0.25) is 5.15 Å². The van der Waals surface area contributed by atoms with Crippen molar-refractivity contribution < 1.29 is 16.8 Å². The smallest absolute Gasteiger partial charge is 0.247 e. The molecule has 10 heteroatoms. The fourth-order valence-electron chi connectivity index (χ4n) is 0.973. The third-order valence-electron chi connectivity index (χ3n) is 1.44. The van der Waals surface area contributed by atoms with Crippen molar-refractivity contribution in [3.63, 3.8) is 0 Å². The van der Waals surface area contributed by atoms with Gasteiger partial charge in [-0.25, -0.2) is 21.8 Å². The van der Waals surface area contributed by atoms with Crippen molar-refractivity contribution in [2.75, 3.05) is 16.1 Å². The van der Waals surface area contributed by atoms with E-state index < -0.39 is 24.9 Å². The zero-order chi connectivity index (χ0) is 13.3. The molecule has 0 saturated carbocycles. The van der Waals surface area contributed by atoms with Crippen LogP contribution in [0.15, 0.2) is 16.7 Å². The Morgan fingerprint density at radius 1 is 1.41 bits per heavy atom. The summed E-state index contributed by atoms with van der Waals surface area (Å²) in [5.41, 5.74) is 0.0182. The second-order valence-corrected chi connectivity index (χ2v) is 8.75. The van der Waals surface area contributed by atoms with Crippen molar-refractivity contribution in [1.82, 2.24) is 4.98 Å². The summed E-state index contributed by atoms with van der Waals surface area (Å²) in [7, 11) is -7.67. The molecule has 1 aromatic rings. The lowest BCUT2D eigenvalue weighted by Gasteiger charge is -2.08. The van der Waals surface area contributed by atoms with E-state index in [4.69, 9.17) is 11.6 Å². The van der Waals surface area contributed by atoms with Gasteiger partial charge >= 0.3 is 0 Å². The van der Waals surface area contributed by atoms with Gasteiger partial charge in [0.15, 0.2) is 20.1 Å². The molecule has 0 amide bonds. The monoisotopic (exact) mass is 362 g/mol. The summed E-state index contributed by atoms with van der Waals surface area (Å²) in [6.07, 6.45) is 2.21. The highest BCUT2D eigenvalue weighted by atomic mass is 79.9. The maximum atomic E-state index is 11.5. The molecule has 1 aromatic heterocycles. The van der Waals surface area contributed by atoms with E-state index >= 15 is 0 Å². The summed E-state index contributed by atoms with van der Waals surface area (Å²) >= 11 is 8.76. The van der Waals surface area contributed by atoms with Crippen molar-refractivity contribution in [3.05, 3.63) is 21.9 Å². The molecule has 0 atom stereocenters. The Morgan fingerprint density at radius 2 is 2.00 bits per heavy atom. The SMILES string of the molecule is CS(=O)(=O)CS(=O)(=O)Nc1cc(Br)cnc1Cl. The standard InChI is InChI=1S/C7H8BrClN2O4S2/c1-16(12,13)4-17(14,15)11-6-2-5(8)3-10-7(6)9/h2-3,11H,4H2,1H3. The fraction of sp³-hybridized carbons (Fsp3) is 0.286. The highest BCUT2D eigenvalue weighted by Gasteiger charge is 2.19. The largest absolute Gasteiger partial charge is 0.280 e. The van der Waals surface area contributed by atoms with Gasteiger partial charge in [-0.2, -0.15) is 0 Å². The van der Waals surface area contributed by atoms with Crippen molar-refractivity contribution >= 4 is 53.1 Å². The molecule has 0 aromatic carbocycles. The lowest BCUT2D eigenvalue weighted by molar-refractivity contribution is 0.595. The zero-order valence-corrected chi connectivity index (χ0v) is 12.5. The number of hydrogen-bond acceptors (Lipinski definition) is 5. The highest BCUT2D eigenvalue weighted by Crippen LogP contribution is 2.24. The number of anilines is 1. The zero-order valence-electron chi connectivity index (χ0n) is 8.51. The van der Waals surface area contributed by atoms with Gasteiger partial charge in [-0.15, -0.1) is 0 Å². The van der Waals surface area contributed by atoms with Gasteiger partial charge in [0, 0.05) is 16.9 Å². The van der Waals surface area contributed by atoms with E-state index in [0.717, 1.165) is 6.26 Å². The number of nitrogens with zero attached hydrogens (tertiary/aromatic N) is 1. The Kier molecular flexibility index (Phi) is 4.39. The minimum absolute atomic E-state index is 0.0182. The summed E-state index contributed by atoms with van der Waals surface area (Å²) in [6.45, 7) is 0. The number of halogens is 2. The van der Waals surface area contributed by atoms with E-state index in [0.29, 0.717) is 4.47 Å². The summed E-state index contributed by atoms with van der Waals surface area (Å²) in [6, 6.07) is 1.38. The fourth-order valence-corrected chi connectivity index (χ4v) is 4.49. The van der Waals surface area contributed by atoms with Gasteiger partial charge in [-0.1, -0.05) is 11.6 Å². The lowest BCUT2D eigenvalue weighted by atomic mass is 10.4. The van der Waals surface area contributed by atoms with Crippen LogP contribution in [0, 0.1) is 0 Å². The van der Waals surface area contributed by atoms with E-state index in [1.54, 1.807) is 0 Å². The summed E-state index contributed by atoms with van der Waals surface area (Å²) < 4.78 is 47.4. The van der Waals surface area contributed by atoms with Crippen molar-refractivity contribution in [2.45, 2.75) is 0 Å². The first-order valence-corrected chi connectivity index (χ1v) is 8.97. The van der Waals surface area contributed by atoms with E-state index in [2.05, 4.69) is 25.6 Å². The van der Waals surface area contributed by atoms with Crippen molar-refractivity contribution in [1.29, 1.82) is 0 Å². The van der Waals surface area contributed by atoms with E-state index in [1.165, 1.54) is 12.3 Å². The van der Waals surface area contributed by atoms with Crippen LogP contribution in [-0.2, 0) is 19.9 Å². The molecule has 0 fully saturated rings. The maximum absolute atomic E-state index is 11.5. The van der Waals surface area contributed by atoms with E-state index in [-0.39, 0.29) is 10.8 Å². The molecular weight excluding hydrogens is 356 g/mol. The molecule has 1 N–H and O–H groups in total. The topological polar surface area (TPSA) is 93.2 Å². The number of hydrogen-bond donors (Lipinski definition) is 1. The molecular formula is C7H8BrClN2O4S2. The number of sulfonamides is 1. The number of rotatable bonds is 4. The first kappa shape index (κ1) is 14.7. The normalized spacial score (nSPS) is 12.4.